The Labute approximate surface area is 78.9 Å². The quantitative estimate of drug-likeness (QED) is 0.700. The van der Waals surface area contributed by atoms with Crippen LogP contribution in [0.5, 0.6) is 0 Å². The average molecular weight is 177 g/mol. The predicted molar refractivity (Wildman–Crippen MR) is 55.2 cm³/mol. The highest BCUT2D eigenvalue weighted by molar-refractivity contribution is 5.79. The lowest BCUT2D eigenvalue weighted by molar-refractivity contribution is 0.279. The number of hydrogen-bond acceptors (Lipinski definition) is 2. The number of hydrogen-bond donors (Lipinski definition) is 1. The highest BCUT2D eigenvalue weighted by Crippen LogP contribution is 1.98. The fraction of sp³-hybridized carbons (Fsp3) is 0.364. The van der Waals surface area contributed by atoms with Crippen molar-refractivity contribution < 1.29 is 5.11 Å². The topological polar surface area (TPSA) is 32.6 Å². The van der Waals surface area contributed by atoms with Crippen LogP contribution >= 0.6 is 0 Å². The third-order valence-electron chi connectivity index (χ3n) is 1.82. The van der Waals surface area contributed by atoms with Crippen LogP contribution in [0.1, 0.15) is 18.9 Å². The van der Waals surface area contributed by atoms with Crippen molar-refractivity contribution in [1.82, 2.24) is 0 Å². The molecule has 70 valence electrons. The van der Waals surface area contributed by atoms with Crippen molar-refractivity contribution in [1.29, 1.82) is 0 Å². The van der Waals surface area contributed by atoms with E-state index in [4.69, 9.17) is 5.11 Å². The van der Waals surface area contributed by atoms with Gasteiger partial charge in [-0.15, -0.1) is 0 Å². The zero-order chi connectivity index (χ0) is 9.52. The van der Waals surface area contributed by atoms with Gasteiger partial charge in [-0.1, -0.05) is 30.3 Å². The average Bonchev–Trinajstić information content (AvgIpc) is 2.17. The molecule has 1 aromatic carbocycles. The highest BCUT2D eigenvalue weighted by atomic mass is 16.3. The van der Waals surface area contributed by atoms with Crippen LogP contribution in [0.2, 0.25) is 0 Å². The van der Waals surface area contributed by atoms with Crippen LogP contribution in [-0.2, 0) is 0 Å². The van der Waals surface area contributed by atoms with E-state index in [-0.39, 0.29) is 12.6 Å². The lowest BCUT2D eigenvalue weighted by Gasteiger charge is -2.01. The molecule has 0 fully saturated rings. The standard InChI is InChI=1S/C11H15NO/c1-10(7-8-13)12-9-11-5-3-2-4-6-11/h2-6,9-10,13H,7-8H2,1H3. The van der Waals surface area contributed by atoms with Gasteiger partial charge in [0.1, 0.15) is 0 Å². The number of aliphatic imine (C=N–C) groups is 1. The maximum Gasteiger partial charge on any atom is 0.0493 e. The van der Waals surface area contributed by atoms with Gasteiger partial charge in [-0.25, -0.2) is 0 Å². The monoisotopic (exact) mass is 177 g/mol. The minimum atomic E-state index is 0.199. The van der Waals surface area contributed by atoms with E-state index in [1.165, 1.54) is 0 Å². The summed E-state index contributed by atoms with van der Waals surface area (Å²) < 4.78 is 0. The van der Waals surface area contributed by atoms with Crippen molar-refractivity contribution in [3.05, 3.63) is 35.9 Å². The fourth-order valence-corrected chi connectivity index (χ4v) is 1.01. The number of benzene rings is 1. The Bertz CT molecular complexity index is 256. The van der Waals surface area contributed by atoms with Crippen LogP contribution in [0.4, 0.5) is 0 Å². The van der Waals surface area contributed by atoms with E-state index >= 15 is 0 Å². The SMILES string of the molecule is CC(CCO)N=Cc1ccccc1. The third-order valence-corrected chi connectivity index (χ3v) is 1.82. The molecule has 0 saturated heterocycles. The molecule has 0 amide bonds. The minimum Gasteiger partial charge on any atom is -0.396 e. The van der Waals surface area contributed by atoms with E-state index < -0.39 is 0 Å². The molecule has 0 radical (unpaired) electrons. The van der Waals surface area contributed by atoms with Crippen LogP contribution < -0.4 is 0 Å². The van der Waals surface area contributed by atoms with E-state index in [2.05, 4.69) is 4.99 Å². The molecule has 1 N–H and O–H groups in total. The molecule has 1 atom stereocenters. The molecule has 13 heavy (non-hydrogen) atoms. The Hall–Kier alpha value is -1.15. The lowest BCUT2D eigenvalue weighted by atomic mass is 10.2. The second-order valence-electron chi connectivity index (χ2n) is 3.05. The number of aliphatic hydroxyl groups is 1. The molecule has 0 heterocycles. The Kier molecular flexibility index (Phi) is 4.19. The summed E-state index contributed by atoms with van der Waals surface area (Å²) in [7, 11) is 0. The van der Waals surface area contributed by atoms with Gasteiger partial charge in [-0.05, 0) is 18.9 Å². The molecule has 0 aliphatic heterocycles. The van der Waals surface area contributed by atoms with Crippen molar-refractivity contribution in [2.45, 2.75) is 19.4 Å². The first kappa shape index (κ1) is 9.93. The summed E-state index contributed by atoms with van der Waals surface area (Å²) in [4.78, 5) is 4.30. The minimum absolute atomic E-state index is 0.199. The zero-order valence-electron chi connectivity index (χ0n) is 7.85. The van der Waals surface area contributed by atoms with Crippen LogP contribution in [0, 0.1) is 0 Å². The van der Waals surface area contributed by atoms with Gasteiger partial charge in [0.25, 0.3) is 0 Å². The molecule has 2 heteroatoms. The molecular formula is C11H15NO. The Morgan fingerprint density at radius 2 is 2.08 bits per heavy atom. The highest BCUT2D eigenvalue weighted by Gasteiger charge is 1.94. The van der Waals surface area contributed by atoms with Gasteiger partial charge in [0.15, 0.2) is 0 Å². The Morgan fingerprint density at radius 1 is 1.38 bits per heavy atom. The fourth-order valence-electron chi connectivity index (χ4n) is 1.01. The van der Waals surface area contributed by atoms with Crippen molar-refractivity contribution in [2.24, 2.45) is 4.99 Å². The molecular weight excluding hydrogens is 162 g/mol. The third kappa shape index (κ3) is 3.85. The van der Waals surface area contributed by atoms with Gasteiger partial charge in [0.05, 0.1) is 0 Å². The van der Waals surface area contributed by atoms with Crippen molar-refractivity contribution in [3.63, 3.8) is 0 Å². The van der Waals surface area contributed by atoms with E-state index in [9.17, 15) is 0 Å². The van der Waals surface area contributed by atoms with Crippen LogP contribution in [0.15, 0.2) is 35.3 Å². The van der Waals surface area contributed by atoms with Gasteiger partial charge in [-0.3, -0.25) is 4.99 Å². The van der Waals surface area contributed by atoms with Crippen molar-refractivity contribution in [3.8, 4) is 0 Å². The second kappa shape index (κ2) is 5.49. The molecule has 0 spiro atoms. The smallest absolute Gasteiger partial charge is 0.0493 e. The predicted octanol–water partition coefficient (Wildman–Crippen LogP) is 1.88. The molecule has 0 bridgehead atoms. The zero-order valence-corrected chi connectivity index (χ0v) is 7.85. The lowest BCUT2D eigenvalue weighted by Crippen LogP contribution is -2.01. The molecule has 0 aliphatic carbocycles. The summed E-state index contributed by atoms with van der Waals surface area (Å²) in [5, 5.41) is 8.66. The summed E-state index contributed by atoms with van der Waals surface area (Å²) in [5.74, 6) is 0. The molecule has 1 rings (SSSR count). The number of rotatable bonds is 4. The summed E-state index contributed by atoms with van der Waals surface area (Å²) in [6.07, 6.45) is 2.57. The molecule has 0 saturated carbocycles. The van der Waals surface area contributed by atoms with E-state index in [0.717, 1.165) is 12.0 Å². The normalized spacial score (nSPS) is 13.4. The van der Waals surface area contributed by atoms with Crippen LogP contribution in [-0.4, -0.2) is 24.0 Å². The maximum atomic E-state index is 8.66. The van der Waals surface area contributed by atoms with Crippen LogP contribution in [0.3, 0.4) is 0 Å². The van der Waals surface area contributed by atoms with Gasteiger partial charge < -0.3 is 5.11 Å². The van der Waals surface area contributed by atoms with E-state index in [1.54, 1.807) is 0 Å². The molecule has 0 aromatic heterocycles. The van der Waals surface area contributed by atoms with Crippen molar-refractivity contribution >= 4 is 6.21 Å². The van der Waals surface area contributed by atoms with Crippen LogP contribution in [0.25, 0.3) is 0 Å². The molecule has 0 aliphatic rings. The number of aliphatic hydroxyl groups excluding tert-OH is 1. The Morgan fingerprint density at radius 3 is 2.69 bits per heavy atom. The summed E-state index contributed by atoms with van der Waals surface area (Å²) in [6.45, 7) is 2.20. The molecule has 1 unspecified atom stereocenters. The van der Waals surface area contributed by atoms with Gasteiger partial charge in [0.2, 0.25) is 0 Å². The largest absolute Gasteiger partial charge is 0.396 e. The maximum absolute atomic E-state index is 8.66. The number of nitrogens with zero attached hydrogens (tertiary/aromatic N) is 1. The first-order valence-corrected chi connectivity index (χ1v) is 4.52. The summed E-state index contributed by atoms with van der Waals surface area (Å²) in [5.41, 5.74) is 1.10. The summed E-state index contributed by atoms with van der Waals surface area (Å²) in [6, 6.07) is 10.2. The molecule has 1 aromatic rings. The summed E-state index contributed by atoms with van der Waals surface area (Å²) >= 11 is 0. The van der Waals surface area contributed by atoms with Gasteiger partial charge in [-0.2, -0.15) is 0 Å². The molecule has 2 nitrogen and oxygen atoms in total. The second-order valence-corrected chi connectivity index (χ2v) is 3.05. The van der Waals surface area contributed by atoms with E-state index in [0.29, 0.717) is 0 Å². The van der Waals surface area contributed by atoms with Gasteiger partial charge >= 0.3 is 0 Å². The first-order chi connectivity index (χ1) is 6.33. The van der Waals surface area contributed by atoms with Crippen molar-refractivity contribution in [2.75, 3.05) is 6.61 Å². The first-order valence-electron chi connectivity index (χ1n) is 4.52. The van der Waals surface area contributed by atoms with E-state index in [1.807, 2.05) is 43.5 Å². The van der Waals surface area contributed by atoms with Gasteiger partial charge in [0, 0.05) is 18.9 Å². The Balaban J connectivity index is 2.49.